The fourth-order valence-corrected chi connectivity index (χ4v) is 3.52. The van der Waals surface area contributed by atoms with Crippen molar-refractivity contribution in [3.05, 3.63) is 40.9 Å². The second-order valence-corrected chi connectivity index (χ2v) is 5.85. The van der Waals surface area contributed by atoms with Crippen LogP contribution in [0, 0.1) is 11.6 Å². The van der Waals surface area contributed by atoms with Crippen LogP contribution in [0.25, 0.3) is 0 Å². The average Bonchev–Trinajstić information content (AvgIpc) is 2.14. The summed E-state index contributed by atoms with van der Waals surface area (Å²) in [5.41, 5.74) is 0. The summed E-state index contributed by atoms with van der Waals surface area (Å²) in [5, 5.41) is 0. The molecule has 0 aliphatic rings. The van der Waals surface area contributed by atoms with Gasteiger partial charge in [0.25, 0.3) is 0 Å². The van der Waals surface area contributed by atoms with Gasteiger partial charge < -0.3 is 0 Å². The molecule has 1 aromatic rings. The van der Waals surface area contributed by atoms with Crippen molar-refractivity contribution in [1.82, 2.24) is 4.72 Å². The Morgan fingerprint density at radius 1 is 1.47 bits per heavy atom. The average molecular weight is 326 g/mol. The summed E-state index contributed by atoms with van der Waals surface area (Å²) in [7, 11) is -4.06. The molecule has 1 N–H and O–H groups in total. The van der Waals surface area contributed by atoms with E-state index in [4.69, 9.17) is 0 Å². The molecule has 3 nitrogen and oxygen atoms in total. The minimum Gasteiger partial charge on any atom is -0.207 e. The molecule has 17 heavy (non-hydrogen) atoms. The maximum absolute atomic E-state index is 13.4. The fraction of sp³-hybridized carbons (Fsp3) is 0.200. The summed E-state index contributed by atoms with van der Waals surface area (Å²) in [6, 6.07) is 0.838. The van der Waals surface area contributed by atoms with Gasteiger partial charge in [-0.1, -0.05) is 6.08 Å². The van der Waals surface area contributed by atoms with Gasteiger partial charge >= 0.3 is 0 Å². The summed E-state index contributed by atoms with van der Waals surface area (Å²) in [6.07, 6.45) is 1.35. The Morgan fingerprint density at radius 3 is 2.53 bits per heavy atom. The molecule has 0 saturated heterocycles. The van der Waals surface area contributed by atoms with Crippen molar-refractivity contribution in [2.75, 3.05) is 0 Å². The number of rotatable bonds is 4. The molecule has 0 aliphatic carbocycles. The predicted molar refractivity (Wildman–Crippen MR) is 64.0 cm³/mol. The SMILES string of the molecule is C=CC(C)NS(=O)(=O)c1c(F)cc(F)cc1Br. The standard InChI is InChI=1S/C10H10BrF2NO2S/c1-3-6(2)14-17(15,16)10-8(11)4-7(12)5-9(10)13/h3-6,14H,1H2,2H3. The molecule has 0 aromatic heterocycles. The largest absolute Gasteiger partial charge is 0.245 e. The second kappa shape index (κ2) is 5.24. The summed E-state index contributed by atoms with van der Waals surface area (Å²) in [5.74, 6) is -2.01. The van der Waals surface area contributed by atoms with Gasteiger partial charge in [-0.3, -0.25) is 0 Å². The van der Waals surface area contributed by atoms with E-state index in [1.165, 1.54) is 6.08 Å². The Hall–Kier alpha value is -0.790. The number of benzene rings is 1. The van der Waals surface area contributed by atoms with Crippen LogP contribution < -0.4 is 4.72 Å². The van der Waals surface area contributed by atoms with Crippen LogP contribution >= 0.6 is 15.9 Å². The Balaban J connectivity index is 3.29. The first-order valence-electron chi connectivity index (χ1n) is 4.57. The summed E-state index contributed by atoms with van der Waals surface area (Å²) < 4.78 is 51.9. The van der Waals surface area contributed by atoms with Gasteiger partial charge in [0.2, 0.25) is 10.0 Å². The van der Waals surface area contributed by atoms with Crippen molar-refractivity contribution in [3.63, 3.8) is 0 Å². The zero-order chi connectivity index (χ0) is 13.2. The van der Waals surface area contributed by atoms with Crippen LogP contribution in [0.4, 0.5) is 8.78 Å². The first kappa shape index (κ1) is 14.3. The van der Waals surface area contributed by atoms with Crippen LogP contribution in [0.2, 0.25) is 0 Å². The van der Waals surface area contributed by atoms with Crippen LogP contribution in [0.5, 0.6) is 0 Å². The van der Waals surface area contributed by atoms with E-state index in [2.05, 4.69) is 27.2 Å². The maximum Gasteiger partial charge on any atom is 0.245 e. The lowest BCUT2D eigenvalue weighted by Gasteiger charge is -2.12. The summed E-state index contributed by atoms with van der Waals surface area (Å²) >= 11 is 2.82. The molecule has 0 amide bonds. The lowest BCUT2D eigenvalue weighted by Crippen LogP contribution is -2.31. The number of nitrogens with one attached hydrogen (secondary N) is 1. The highest BCUT2D eigenvalue weighted by Crippen LogP contribution is 2.26. The number of sulfonamides is 1. The van der Waals surface area contributed by atoms with E-state index < -0.39 is 32.6 Å². The highest BCUT2D eigenvalue weighted by molar-refractivity contribution is 9.10. The van der Waals surface area contributed by atoms with Crippen molar-refractivity contribution < 1.29 is 17.2 Å². The molecule has 7 heteroatoms. The topological polar surface area (TPSA) is 46.2 Å². The third-order valence-corrected chi connectivity index (χ3v) is 4.45. The van der Waals surface area contributed by atoms with Crippen LogP contribution in [-0.2, 0) is 10.0 Å². The summed E-state index contributed by atoms with van der Waals surface area (Å²) in [4.78, 5) is -0.618. The van der Waals surface area contributed by atoms with E-state index in [0.717, 1.165) is 6.07 Å². The van der Waals surface area contributed by atoms with E-state index >= 15 is 0 Å². The van der Waals surface area contributed by atoms with Gasteiger partial charge in [0, 0.05) is 16.6 Å². The molecule has 0 spiro atoms. The number of halogens is 3. The van der Waals surface area contributed by atoms with Crippen LogP contribution in [0.1, 0.15) is 6.92 Å². The molecule has 1 aromatic carbocycles. The molecule has 1 atom stereocenters. The molecule has 0 saturated carbocycles. The third-order valence-electron chi connectivity index (χ3n) is 1.93. The highest BCUT2D eigenvalue weighted by atomic mass is 79.9. The van der Waals surface area contributed by atoms with E-state index in [0.29, 0.717) is 6.07 Å². The molecule has 0 heterocycles. The molecule has 1 rings (SSSR count). The number of hydrogen-bond donors (Lipinski definition) is 1. The van der Waals surface area contributed by atoms with Gasteiger partial charge in [-0.05, 0) is 28.9 Å². The monoisotopic (exact) mass is 325 g/mol. The quantitative estimate of drug-likeness (QED) is 0.865. The van der Waals surface area contributed by atoms with E-state index in [1.54, 1.807) is 6.92 Å². The highest BCUT2D eigenvalue weighted by Gasteiger charge is 2.24. The van der Waals surface area contributed by atoms with Gasteiger partial charge in [-0.15, -0.1) is 6.58 Å². The summed E-state index contributed by atoms with van der Waals surface area (Å²) in [6.45, 7) is 4.95. The van der Waals surface area contributed by atoms with Gasteiger partial charge in [0.05, 0.1) is 0 Å². The zero-order valence-electron chi connectivity index (χ0n) is 8.88. The molecule has 0 radical (unpaired) electrons. The first-order chi connectivity index (χ1) is 7.77. The zero-order valence-corrected chi connectivity index (χ0v) is 11.3. The van der Waals surface area contributed by atoms with Crippen molar-refractivity contribution >= 4 is 26.0 Å². The minimum absolute atomic E-state index is 0.168. The van der Waals surface area contributed by atoms with Gasteiger partial charge in [0.1, 0.15) is 16.5 Å². The van der Waals surface area contributed by atoms with E-state index in [-0.39, 0.29) is 4.47 Å². The third kappa shape index (κ3) is 3.34. The molecule has 94 valence electrons. The van der Waals surface area contributed by atoms with Crippen molar-refractivity contribution in [2.24, 2.45) is 0 Å². The van der Waals surface area contributed by atoms with Gasteiger partial charge in [0.15, 0.2) is 0 Å². The molecule has 0 fully saturated rings. The van der Waals surface area contributed by atoms with Crippen LogP contribution in [0.15, 0.2) is 34.2 Å². The molecular formula is C10H10BrF2NO2S. The molecular weight excluding hydrogens is 316 g/mol. The van der Waals surface area contributed by atoms with Gasteiger partial charge in [-0.2, -0.15) is 0 Å². The molecule has 0 aliphatic heterocycles. The van der Waals surface area contributed by atoms with Gasteiger partial charge in [-0.25, -0.2) is 21.9 Å². The second-order valence-electron chi connectivity index (χ2n) is 3.34. The van der Waals surface area contributed by atoms with E-state index in [1.807, 2.05) is 0 Å². The lowest BCUT2D eigenvalue weighted by molar-refractivity contribution is 0.538. The smallest absolute Gasteiger partial charge is 0.207 e. The predicted octanol–water partition coefficient (Wildman–Crippen LogP) is 2.58. The Labute approximate surface area is 107 Å². The first-order valence-corrected chi connectivity index (χ1v) is 6.85. The Bertz CT molecular complexity index is 522. The van der Waals surface area contributed by atoms with Crippen LogP contribution in [-0.4, -0.2) is 14.5 Å². The lowest BCUT2D eigenvalue weighted by atomic mass is 10.3. The Morgan fingerprint density at radius 2 is 2.06 bits per heavy atom. The number of hydrogen-bond acceptors (Lipinski definition) is 2. The Kier molecular flexibility index (Phi) is 4.40. The van der Waals surface area contributed by atoms with E-state index in [9.17, 15) is 17.2 Å². The fourth-order valence-electron chi connectivity index (χ4n) is 1.14. The maximum atomic E-state index is 13.4. The van der Waals surface area contributed by atoms with Crippen molar-refractivity contribution in [2.45, 2.75) is 17.9 Å². The normalized spacial score (nSPS) is 13.4. The van der Waals surface area contributed by atoms with Crippen LogP contribution in [0.3, 0.4) is 0 Å². The van der Waals surface area contributed by atoms with Crippen molar-refractivity contribution in [1.29, 1.82) is 0 Å². The molecule has 1 unspecified atom stereocenters. The molecule has 0 bridgehead atoms. The minimum atomic E-state index is -4.06. The van der Waals surface area contributed by atoms with Crippen molar-refractivity contribution in [3.8, 4) is 0 Å².